The standard InChI is InChI=1S/C24H16FNO4/c25-19-10-4-1-7-16(19)22-13-15(26-30-22)14-28-24(27)23-17-8-2-5-11-20(17)29-21-12-6-3-9-18(21)23/h1-13,23H,14H2. The monoisotopic (exact) mass is 401 g/mol. The number of rotatable bonds is 4. The van der Waals surface area contributed by atoms with Crippen LogP contribution in [0.5, 0.6) is 11.5 Å². The van der Waals surface area contributed by atoms with E-state index in [0.717, 1.165) is 11.1 Å². The Labute approximate surface area is 171 Å². The fourth-order valence-electron chi connectivity index (χ4n) is 3.56. The number of carbonyl (C=O) groups excluding carboxylic acids is 1. The maximum Gasteiger partial charge on any atom is 0.318 e. The molecule has 6 heteroatoms. The van der Waals surface area contributed by atoms with Gasteiger partial charge in [0.25, 0.3) is 0 Å². The second-order valence-electron chi connectivity index (χ2n) is 6.88. The average molecular weight is 401 g/mol. The van der Waals surface area contributed by atoms with Gasteiger partial charge in [-0.15, -0.1) is 0 Å². The maximum atomic E-state index is 13.9. The smallest absolute Gasteiger partial charge is 0.318 e. The van der Waals surface area contributed by atoms with Crippen molar-refractivity contribution in [3.63, 3.8) is 0 Å². The molecular formula is C24H16FNO4. The molecule has 30 heavy (non-hydrogen) atoms. The van der Waals surface area contributed by atoms with Gasteiger partial charge in [0.15, 0.2) is 5.76 Å². The van der Waals surface area contributed by atoms with Gasteiger partial charge in [-0.25, -0.2) is 4.39 Å². The molecule has 5 rings (SSSR count). The molecule has 3 aromatic carbocycles. The Morgan fingerprint density at radius 1 is 0.933 bits per heavy atom. The molecule has 0 saturated carbocycles. The third-order valence-corrected chi connectivity index (χ3v) is 4.98. The summed E-state index contributed by atoms with van der Waals surface area (Å²) in [6, 6.07) is 22.6. The summed E-state index contributed by atoms with van der Waals surface area (Å²) in [7, 11) is 0. The molecule has 2 heterocycles. The van der Waals surface area contributed by atoms with Crippen LogP contribution in [-0.4, -0.2) is 11.1 Å². The number of benzene rings is 3. The molecule has 0 unspecified atom stereocenters. The molecule has 0 fully saturated rings. The van der Waals surface area contributed by atoms with Crippen molar-refractivity contribution in [2.75, 3.05) is 0 Å². The normalized spacial score (nSPS) is 12.6. The number of esters is 1. The molecule has 4 aromatic rings. The first-order valence-electron chi connectivity index (χ1n) is 9.43. The number of hydrogen-bond donors (Lipinski definition) is 0. The zero-order chi connectivity index (χ0) is 20.5. The molecule has 0 radical (unpaired) electrons. The molecular weight excluding hydrogens is 385 g/mol. The quantitative estimate of drug-likeness (QED) is 0.425. The lowest BCUT2D eigenvalue weighted by Crippen LogP contribution is -2.21. The highest BCUT2D eigenvalue weighted by Gasteiger charge is 2.33. The number of hydrogen-bond acceptors (Lipinski definition) is 5. The Morgan fingerprint density at radius 2 is 1.57 bits per heavy atom. The van der Waals surface area contributed by atoms with Crippen LogP contribution in [0, 0.1) is 5.82 Å². The first-order chi connectivity index (χ1) is 14.7. The molecule has 5 nitrogen and oxygen atoms in total. The van der Waals surface area contributed by atoms with Gasteiger partial charge in [-0.3, -0.25) is 4.79 Å². The van der Waals surface area contributed by atoms with Crippen molar-refractivity contribution in [1.82, 2.24) is 5.16 Å². The lowest BCUT2D eigenvalue weighted by Gasteiger charge is -2.26. The van der Waals surface area contributed by atoms with E-state index >= 15 is 0 Å². The van der Waals surface area contributed by atoms with E-state index in [-0.39, 0.29) is 12.4 Å². The van der Waals surface area contributed by atoms with Crippen LogP contribution >= 0.6 is 0 Å². The third kappa shape index (κ3) is 3.22. The molecule has 0 N–H and O–H groups in total. The SMILES string of the molecule is O=C(OCc1cc(-c2ccccc2F)on1)C1c2ccccc2Oc2ccccc21. The van der Waals surface area contributed by atoms with Gasteiger partial charge in [0.05, 0.1) is 5.56 Å². The molecule has 0 bridgehead atoms. The second kappa shape index (κ2) is 7.48. The highest BCUT2D eigenvalue weighted by molar-refractivity contribution is 5.85. The number of halogens is 1. The zero-order valence-electron chi connectivity index (χ0n) is 15.7. The van der Waals surface area contributed by atoms with Crippen molar-refractivity contribution in [3.8, 4) is 22.8 Å². The van der Waals surface area contributed by atoms with Gasteiger partial charge < -0.3 is 14.0 Å². The number of ether oxygens (including phenoxy) is 2. The topological polar surface area (TPSA) is 61.6 Å². The number of para-hydroxylation sites is 2. The Kier molecular flexibility index (Phi) is 4.52. The summed E-state index contributed by atoms with van der Waals surface area (Å²) in [5, 5.41) is 3.90. The number of nitrogens with zero attached hydrogens (tertiary/aromatic N) is 1. The highest BCUT2D eigenvalue weighted by atomic mass is 19.1. The van der Waals surface area contributed by atoms with Crippen molar-refractivity contribution < 1.29 is 23.2 Å². The largest absolute Gasteiger partial charge is 0.458 e. The number of aromatic nitrogens is 1. The van der Waals surface area contributed by atoms with E-state index in [1.807, 2.05) is 48.5 Å². The summed E-state index contributed by atoms with van der Waals surface area (Å²) in [5.41, 5.74) is 2.19. The number of carbonyl (C=O) groups is 1. The van der Waals surface area contributed by atoms with E-state index in [2.05, 4.69) is 5.16 Å². The molecule has 1 aromatic heterocycles. The lowest BCUT2D eigenvalue weighted by atomic mass is 9.88. The molecule has 0 atom stereocenters. The van der Waals surface area contributed by atoms with Gasteiger partial charge >= 0.3 is 5.97 Å². The first kappa shape index (κ1) is 18.1. The Balaban J connectivity index is 1.38. The molecule has 0 aliphatic carbocycles. The molecule has 0 spiro atoms. The predicted octanol–water partition coefficient (Wildman–Crippen LogP) is 5.46. The van der Waals surface area contributed by atoms with Crippen molar-refractivity contribution >= 4 is 5.97 Å². The molecule has 0 saturated heterocycles. The number of fused-ring (bicyclic) bond motifs is 2. The summed E-state index contributed by atoms with van der Waals surface area (Å²) in [4.78, 5) is 13.0. The van der Waals surface area contributed by atoms with Crippen LogP contribution in [0.1, 0.15) is 22.7 Å². The fraction of sp³-hybridized carbons (Fsp3) is 0.0833. The predicted molar refractivity (Wildman–Crippen MR) is 106 cm³/mol. The van der Waals surface area contributed by atoms with Crippen molar-refractivity contribution in [2.24, 2.45) is 0 Å². The van der Waals surface area contributed by atoms with Crippen molar-refractivity contribution in [2.45, 2.75) is 12.5 Å². The Bertz CT molecular complexity index is 1190. The van der Waals surface area contributed by atoms with Crippen LogP contribution in [0.2, 0.25) is 0 Å². The summed E-state index contributed by atoms with van der Waals surface area (Å²) in [6.45, 7) is -0.0848. The zero-order valence-corrected chi connectivity index (χ0v) is 15.7. The van der Waals surface area contributed by atoms with E-state index in [4.69, 9.17) is 14.0 Å². The molecule has 0 amide bonds. The third-order valence-electron chi connectivity index (χ3n) is 4.98. The first-order valence-corrected chi connectivity index (χ1v) is 9.43. The van der Waals surface area contributed by atoms with E-state index in [1.165, 1.54) is 6.07 Å². The fourth-order valence-corrected chi connectivity index (χ4v) is 3.56. The van der Waals surface area contributed by atoms with Crippen LogP contribution in [0.4, 0.5) is 4.39 Å². The van der Waals surface area contributed by atoms with Crippen molar-refractivity contribution in [1.29, 1.82) is 0 Å². The van der Waals surface area contributed by atoms with Crippen LogP contribution in [-0.2, 0) is 16.1 Å². The molecule has 1 aliphatic rings. The highest BCUT2D eigenvalue weighted by Crippen LogP contribution is 2.44. The minimum atomic E-state index is -0.607. The van der Waals surface area contributed by atoms with Crippen molar-refractivity contribution in [3.05, 3.63) is 102 Å². The van der Waals surface area contributed by atoms with Crippen LogP contribution in [0.3, 0.4) is 0 Å². The van der Waals surface area contributed by atoms with Crippen LogP contribution in [0.15, 0.2) is 83.4 Å². The Morgan fingerprint density at radius 3 is 2.27 bits per heavy atom. The van der Waals surface area contributed by atoms with E-state index in [9.17, 15) is 9.18 Å². The van der Waals surface area contributed by atoms with Gasteiger partial charge in [0, 0.05) is 17.2 Å². The van der Waals surface area contributed by atoms with Crippen LogP contribution < -0.4 is 4.74 Å². The summed E-state index contributed by atoms with van der Waals surface area (Å²) >= 11 is 0. The van der Waals surface area contributed by atoms with Gasteiger partial charge in [0.1, 0.15) is 35.5 Å². The maximum absolute atomic E-state index is 13.9. The van der Waals surface area contributed by atoms with Gasteiger partial charge in [-0.2, -0.15) is 0 Å². The summed E-state index contributed by atoms with van der Waals surface area (Å²) in [6.07, 6.45) is 0. The van der Waals surface area contributed by atoms with Crippen LogP contribution in [0.25, 0.3) is 11.3 Å². The average Bonchev–Trinajstić information content (AvgIpc) is 3.25. The van der Waals surface area contributed by atoms with E-state index in [0.29, 0.717) is 22.8 Å². The summed E-state index contributed by atoms with van der Waals surface area (Å²) in [5.74, 6) is 0.0918. The summed E-state index contributed by atoms with van der Waals surface area (Å²) < 4.78 is 30.6. The minimum Gasteiger partial charge on any atom is -0.458 e. The second-order valence-corrected chi connectivity index (χ2v) is 6.88. The van der Waals surface area contributed by atoms with E-state index in [1.54, 1.807) is 24.3 Å². The Hall–Kier alpha value is -3.93. The minimum absolute atomic E-state index is 0.0848. The molecule has 1 aliphatic heterocycles. The lowest BCUT2D eigenvalue weighted by molar-refractivity contribution is -0.146. The van der Waals surface area contributed by atoms with E-state index < -0.39 is 17.7 Å². The van der Waals surface area contributed by atoms with Gasteiger partial charge in [0.2, 0.25) is 0 Å². The van der Waals surface area contributed by atoms with Gasteiger partial charge in [-0.1, -0.05) is 53.7 Å². The van der Waals surface area contributed by atoms with Gasteiger partial charge in [-0.05, 0) is 24.3 Å². The molecule has 148 valence electrons.